The molecule has 0 bridgehead atoms. The minimum Gasteiger partial charge on any atom is -0.424 e. The van der Waals surface area contributed by atoms with E-state index in [1.54, 1.807) is 6.92 Å². The SMILES string of the molecule is Cc1nnc(CN2CCN(C(=O)C(c3ccccc3)c3ccccc3)CC2)o1. The summed E-state index contributed by atoms with van der Waals surface area (Å²) in [6, 6.07) is 20.0. The normalized spacial score (nSPS) is 15.1. The minimum atomic E-state index is -0.271. The summed E-state index contributed by atoms with van der Waals surface area (Å²) in [5.41, 5.74) is 2.06. The zero-order valence-electron chi connectivity index (χ0n) is 16.0. The molecule has 1 fully saturated rings. The van der Waals surface area contributed by atoms with E-state index in [0.717, 1.165) is 24.2 Å². The Morgan fingerprint density at radius 2 is 1.50 bits per heavy atom. The van der Waals surface area contributed by atoms with Gasteiger partial charge in [-0.15, -0.1) is 10.2 Å². The van der Waals surface area contributed by atoms with Crippen LogP contribution in [-0.4, -0.2) is 52.1 Å². The van der Waals surface area contributed by atoms with E-state index in [1.165, 1.54) is 0 Å². The van der Waals surface area contributed by atoms with E-state index in [0.29, 0.717) is 31.4 Å². The van der Waals surface area contributed by atoms with Crippen molar-refractivity contribution in [2.24, 2.45) is 0 Å². The minimum absolute atomic E-state index is 0.158. The summed E-state index contributed by atoms with van der Waals surface area (Å²) in [4.78, 5) is 17.7. The molecule has 0 N–H and O–H groups in total. The molecule has 1 aliphatic rings. The molecule has 1 saturated heterocycles. The molecule has 2 aromatic carbocycles. The van der Waals surface area contributed by atoms with Gasteiger partial charge in [-0.25, -0.2) is 0 Å². The first-order chi connectivity index (χ1) is 13.7. The second-order valence-corrected chi connectivity index (χ2v) is 7.07. The number of benzene rings is 2. The Bertz CT molecular complexity index is 863. The highest BCUT2D eigenvalue weighted by molar-refractivity contribution is 5.87. The molecule has 144 valence electrons. The van der Waals surface area contributed by atoms with Crippen molar-refractivity contribution in [3.05, 3.63) is 83.6 Å². The molecule has 0 spiro atoms. The predicted molar refractivity (Wildman–Crippen MR) is 106 cm³/mol. The molecule has 6 nitrogen and oxygen atoms in total. The Hall–Kier alpha value is -2.99. The van der Waals surface area contributed by atoms with E-state index in [-0.39, 0.29) is 11.8 Å². The second kappa shape index (κ2) is 8.35. The predicted octanol–water partition coefficient (Wildman–Crippen LogP) is 2.85. The van der Waals surface area contributed by atoms with Gasteiger partial charge in [-0.1, -0.05) is 60.7 Å². The summed E-state index contributed by atoms with van der Waals surface area (Å²) in [5.74, 6) is 1.10. The number of piperazine rings is 1. The second-order valence-electron chi connectivity index (χ2n) is 7.07. The van der Waals surface area contributed by atoms with Gasteiger partial charge in [0.1, 0.15) is 0 Å². The largest absolute Gasteiger partial charge is 0.424 e. The molecule has 1 aliphatic heterocycles. The lowest BCUT2D eigenvalue weighted by Crippen LogP contribution is -2.49. The van der Waals surface area contributed by atoms with Gasteiger partial charge in [0.2, 0.25) is 17.7 Å². The number of rotatable bonds is 5. The monoisotopic (exact) mass is 376 g/mol. The molecular formula is C22H24N4O2. The first-order valence-electron chi connectivity index (χ1n) is 9.61. The zero-order valence-corrected chi connectivity index (χ0v) is 16.0. The third-order valence-corrected chi connectivity index (χ3v) is 5.12. The van der Waals surface area contributed by atoms with Crippen LogP contribution in [-0.2, 0) is 11.3 Å². The number of carbonyl (C=O) groups excluding carboxylic acids is 1. The standard InChI is InChI=1S/C22H24N4O2/c1-17-23-24-20(28-17)16-25-12-14-26(15-13-25)22(27)21(18-8-4-2-5-9-18)19-10-6-3-7-11-19/h2-11,21H,12-16H2,1H3. The van der Waals surface area contributed by atoms with E-state index in [2.05, 4.69) is 15.1 Å². The van der Waals surface area contributed by atoms with E-state index in [4.69, 9.17) is 4.42 Å². The number of amides is 1. The van der Waals surface area contributed by atoms with Crippen molar-refractivity contribution in [3.63, 3.8) is 0 Å². The van der Waals surface area contributed by atoms with Crippen LogP contribution in [0, 0.1) is 6.92 Å². The van der Waals surface area contributed by atoms with Gasteiger partial charge in [0, 0.05) is 33.1 Å². The van der Waals surface area contributed by atoms with Gasteiger partial charge in [0.05, 0.1) is 12.5 Å². The lowest BCUT2D eigenvalue weighted by molar-refractivity contribution is -0.133. The molecule has 28 heavy (non-hydrogen) atoms. The summed E-state index contributed by atoms with van der Waals surface area (Å²) in [5, 5.41) is 7.94. The average molecular weight is 376 g/mol. The molecule has 3 aromatic rings. The van der Waals surface area contributed by atoms with Crippen LogP contribution >= 0.6 is 0 Å². The highest BCUT2D eigenvalue weighted by Gasteiger charge is 2.30. The van der Waals surface area contributed by atoms with Gasteiger partial charge < -0.3 is 9.32 Å². The average Bonchev–Trinajstić information content (AvgIpc) is 3.15. The van der Waals surface area contributed by atoms with Crippen molar-refractivity contribution < 1.29 is 9.21 Å². The van der Waals surface area contributed by atoms with Crippen molar-refractivity contribution in [1.29, 1.82) is 0 Å². The Kier molecular flexibility index (Phi) is 5.48. The Morgan fingerprint density at radius 1 is 0.929 bits per heavy atom. The molecule has 1 aromatic heterocycles. The maximum Gasteiger partial charge on any atom is 0.234 e. The number of aromatic nitrogens is 2. The van der Waals surface area contributed by atoms with Crippen LogP contribution in [0.15, 0.2) is 65.1 Å². The van der Waals surface area contributed by atoms with E-state index in [1.807, 2.05) is 65.6 Å². The Balaban J connectivity index is 1.46. The maximum absolute atomic E-state index is 13.4. The Morgan fingerprint density at radius 3 is 2.00 bits per heavy atom. The van der Waals surface area contributed by atoms with Gasteiger partial charge >= 0.3 is 0 Å². The quantitative estimate of drug-likeness (QED) is 0.685. The van der Waals surface area contributed by atoms with Gasteiger partial charge in [0.25, 0.3) is 0 Å². The van der Waals surface area contributed by atoms with Crippen molar-refractivity contribution in [1.82, 2.24) is 20.0 Å². The molecule has 4 rings (SSSR count). The summed E-state index contributed by atoms with van der Waals surface area (Å²) in [6.45, 7) is 5.40. The van der Waals surface area contributed by atoms with Crippen molar-refractivity contribution in [2.75, 3.05) is 26.2 Å². The van der Waals surface area contributed by atoms with Crippen LogP contribution in [0.1, 0.15) is 28.8 Å². The summed E-state index contributed by atoms with van der Waals surface area (Å²) >= 11 is 0. The lowest BCUT2D eigenvalue weighted by atomic mass is 9.90. The number of hydrogen-bond acceptors (Lipinski definition) is 5. The van der Waals surface area contributed by atoms with Crippen LogP contribution < -0.4 is 0 Å². The smallest absolute Gasteiger partial charge is 0.234 e. The van der Waals surface area contributed by atoms with Crippen molar-refractivity contribution in [2.45, 2.75) is 19.4 Å². The fourth-order valence-electron chi connectivity index (χ4n) is 3.67. The molecule has 2 heterocycles. The number of hydrogen-bond donors (Lipinski definition) is 0. The topological polar surface area (TPSA) is 62.5 Å². The molecule has 0 unspecified atom stereocenters. The molecule has 0 saturated carbocycles. The molecule has 1 amide bonds. The fraction of sp³-hybridized carbons (Fsp3) is 0.318. The molecule has 0 aliphatic carbocycles. The summed E-state index contributed by atoms with van der Waals surface area (Å²) in [7, 11) is 0. The third kappa shape index (κ3) is 4.12. The molecule has 6 heteroatoms. The number of aryl methyl sites for hydroxylation is 1. The number of nitrogens with zero attached hydrogens (tertiary/aromatic N) is 4. The first-order valence-corrected chi connectivity index (χ1v) is 9.61. The van der Waals surface area contributed by atoms with Gasteiger partial charge in [-0.3, -0.25) is 9.69 Å². The zero-order chi connectivity index (χ0) is 19.3. The molecule has 0 radical (unpaired) electrons. The van der Waals surface area contributed by atoms with Crippen LogP contribution in [0.5, 0.6) is 0 Å². The van der Waals surface area contributed by atoms with Crippen LogP contribution in [0.4, 0.5) is 0 Å². The summed E-state index contributed by atoms with van der Waals surface area (Å²) in [6.07, 6.45) is 0. The van der Waals surface area contributed by atoms with Gasteiger partial charge in [0.15, 0.2) is 0 Å². The number of carbonyl (C=O) groups is 1. The highest BCUT2D eigenvalue weighted by Crippen LogP contribution is 2.27. The van der Waals surface area contributed by atoms with Crippen molar-refractivity contribution >= 4 is 5.91 Å². The molecular weight excluding hydrogens is 352 g/mol. The summed E-state index contributed by atoms with van der Waals surface area (Å²) < 4.78 is 5.47. The maximum atomic E-state index is 13.4. The van der Waals surface area contributed by atoms with E-state index < -0.39 is 0 Å². The fourth-order valence-corrected chi connectivity index (χ4v) is 3.67. The van der Waals surface area contributed by atoms with E-state index in [9.17, 15) is 4.79 Å². The first kappa shape index (κ1) is 18.4. The van der Waals surface area contributed by atoms with Crippen molar-refractivity contribution in [3.8, 4) is 0 Å². The highest BCUT2D eigenvalue weighted by atomic mass is 16.4. The van der Waals surface area contributed by atoms with Crippen LogP contribution in [0.25, 0.3) is 0 Å². The van der Waals surface area contributed by atoms with Gasteiger partial charge in [-0.05, 0) is 11.1 Å². The van der Waals surface area contributed by atoms with Crippen LogP contribution in [0.3, 0.4) is 0 Å². The lowest BCUT2D eigenvalue weighted by Gasteiger charge is -2.36. The molecule has 0 atom stereocenters. The Labute approximate surface area is 164 Å². The third-order valence-electron chi connectivity index (χ3n) is 5.12. The van der Waals surface area contributed by atoms with E-state index >= 15 is 0 Å². The van der Waals surface area contributed by atoms with Gasteiger partial charge in [-0.2, -0.15) is 0 Å². The van der Waals surface area contributed by atoms with Crippen LogP contribution in [0.2, 0.25) is 0 Å².